The lowest BCUT2D eigenvalue weighted by atomic mass is 9.95. The number of benzene rings is 1. The highest BCUT2D eigenvalue weighted by molar-refractivity contribution is 5.78. The molecule has 4 nitrogen and oxygen atoms in total. The maximum atomic E-state index is 11.0. The summed E-state index contributed by atoms with van der Waals surface area (Å²) in [5.74, 6) is 0.175. The molecule has 1 aliphatic rings. The van der Waals surface area contributed by atoms with E-state index < -0.39 is 0 Å². The molecule has 2 N–H and O–H groups in total. The van der Waals surface area contributed by atoms with Crippen molar-refractivity contribution in [3.63, 3.8) is 0 Å². The van der Waals surface area contributed by atoms with Crippen molar-refractivity contribution in [2.75, 3.05) is 13.2 Å². The number of rotatable bonds is 2. The van der Waals surface area contributed by atoms with Crippen LogP contribution in [0.4, 0.5) is 0 Å². The zero-order valence-corrected chi connectivity index (χ0v) is 9.19. The molecule has 2 rings (SSSR count). The average Bonchev–Trinajstić information content (AvgIpc) is 2.23. The second-order valence-electron chi connectivity index (χ2n) is 4.36. The second kappa shape index (κ2) is 4.14. The fourth-order valence-electron chi connectivity index (χ4n) is 1.84. The van der Waals surface area contributed by atoms with Crippen LogP contribution in [0, 0.1) is 0 Å². The number of hydrogen-bond acceptors (Lipinski definition) is 3. The Morgan fingerprint density at radius 2 is 2.38 bits per heavy atom. The van der Waals surface area contributed by atoms with E-state index in [-0.39, 0.29) is 23.9 Å². The molecule has 0 spiro atoms. The van der Waals surface area contributed by atoms with Gasteiger partial charge in [-0.3, -0.25) is 4.79 Å². The molecule has 1 heterocycles. The average molecular weight is 221 g/mol. The predicted molar refractivity (Wildman–Crippen MR) is 59.2 cm³/mol. The summed E-state index contributed by atoms with van der Waals surface area (Å²) in [6, 6.07) is 7.08. The molecule has 0 radical (unpaired) electrons. The third-order valence-electron chi connectivity index (χ3n) is 2.70. The van der Waals surface area contributed by atoms with Gasteiger partial charge >= 0.3 is 0 Å². The highest BCUT2D eigenvalue weighted by Gasteiger charge is 2.31. The van der Waals surface area contributed by atoms with Gasteiger partial charge < -0.3 is 15.2 Å². The van der Waals surface area contributed by atoms with Crippen LogP contribution in [0.3, 0.4) is 0 Å². The minimum absolute atomic E-state index is 0.0756. The van der Waals surface area contributed by atoms with E-state index >= 15 is 0 Å². The molecule has 0 aromatic heterocycles. The van der Waals surface area contributed by atoms with Gasteiger partial charge in [-0.1, -0.05) is 12.1 Å². The van der Waals surface area contributed by atoms with Crippen molar-refractivity contribution >= 4 is 5.91 Å². The molecular formula is C12H15NO3. The van der Waals surface area contributed by atoms with Crippen molar-refractivity contribution in [1.29, 1.82) is 0 Å². The Kier molecular flexibility index (Phi) is 2.83. The monoisotopic (exact) mass is 221 g/mol. The number of ether oxygens (including phenoxy) is 1. The van der Waals surface area contributed by atoms with Gasteiger partial charge in [0.1, 0.15) is 12.4 Å². The summed E-state index contributed by atoms with van der Waals surface area (Å²) in [7, 11) is 0. The molecule has 1 amide bonds. The number of phenolic OH excluding ortho intramolecular Hbond substituents is 1. The van der Waals surface area contributed by atoms with Crippen LogP contribution in [0.25, 0.3) is 0 Å². The first kappa shape index (κ1) is 11.0. The van der Waals surface area contributed by atoms with E-state index in [1.807, 2.05) is 13.0 Å². The third-order valence-corrected chi connectivity index (χ3v) is 2.70. The Balaban J connectivity index is 2.06. The van der Waals surface area contributed by atoms with Crippen LogP contribution in [-0.2, 0) is 16.0 Å². The summed E-state index contributed by atoms with van der Waals surface area (Å²) < 4.78 is 5.53. The minimum atomic E-state index is -0.387. The first-order valence-corrected chi connectivity index (χ1v) is 5.26. The van der Waals surface area contributed by atoms with E-state index in [1.54, 1.807) is 18.2 Å². The van der Waals surface area contributed by atoms with Crippen molar-refractivity contribution < 1.29 is 14.6 Å². The smallest absolute Gasteiger partial charge is 0.246 e. The summed E-state index contributed by atoms with van der Waals surface area (Å²) in [6.45, 7) is 2.56. The summed E-state index contributed by atoms with van der Waals surface area (Å²) in [5, 5.41) is 12.1. The summed E-state index contributed by atoms with van der Waals surface area (Å²) in [6.07, 6.45) is 0.668. The fourth-order valence-corrected chi connectivity index (χ4v) is 1.84. The van der Waals surface area contributed by atoms with Crippen LogP contribution < -0.4 is 5.32 Å². The number of morpholine rings is 1. The van der Waals surface area contributed by atoms with Crippen LogP contribution in [0.2, 0.25) is 0 Å². The molecule has 86 valence electrons. The van der Waals surface area contributed by atoms with E-state index in [4.69, 9.17) is 4.74 Å². The van der Waals surface area contributed by atoms with E-state index in [9.17, 15) is 9.90 Å². The van der Waals surface area contributed by atoms with Gasteiger partial charge in [0.25, 0.3) is 0 Å². The molecule has 0 aliphatic carbocycles. The van der Waals surface area contributed by atoms with E-state index in [2.05, 4.69) is 5.32 Å². The van der Waals surface area contributed by atoms with Crippen LogP contribution in [0.5, 0.6) is 5.75 Å². The fraction of sp³-hybridized carbons (Fsp3) is 0.417. The summed E-state index contributed by atoms with van der Waals surface area (Å²) in [4.78, 5) is 11.0. The Hall–Kier alpha value is -1.55. The summed E-state index contributed by atoms with van der Waals surface area (Å²) >= 11 is 0. The topological polar surface area (TPSA) is 58.6 Å². The molecule has 1 aromatic carbocycles. The molecule has 1 saturated heterocycles. The van der Waals surface area contributed by atoms with Gasteiger partial charge in [-0.25, -0.2) is 0 Å². The van der Waals surface area contributed by atoms with Gasteiger partial charge in [-0.15, -0.1) is 0 Å². The third kappa shape index (κ3) is 2.52. The van der Waals surface area contributed by atoms with Crippen LogP contribution in [0.15, 0.2) is 24.3 Å². The lowest BCUT2D eigenvalue weighted by molar-refractivity contribution is -0.141. The first-order valence-electron chi connectivity index (χ1n) is 5.26. The normalized spacial score (nSPS) is 25.2. The van der Waals surface area contributed by atoms with Gasteiger partial charge in [-0.2, -0.15) is 0 Å². The van der Waals surface area contributed by atoms with Gasteiger partial charge in [0.15, 0.2) is 0 Å². The first-order chi connectivity index (χ1) is 7.57. The molecule has 1 aliphatic heterocycles. The molecule has 0 saturated carbocycles. The molecule has 1 unspecified atom stereocenters. The van der Waals surface area contributed by atoms with Crippen molar-refractivity contribution in [3.05, 3.63) is 29.8 Å². The number of amides is 1. The SMILES string of the molecule is CC1(Cc2cccc(O)c2)CNC(=O)CO1. The van der Waals surface area contributed by atoms with Crippen molar-refractivity contribution in [3.8, 4) is 5.75 Å². The molecule has 4 heteroatoms. The molecule has 0 bridgehead atoms. The lowest BCUT2D eigenvalue weighted by Crippen LogP contribution is -2.51. The highest BCUT2D eigenvalue weighted by Crippen LogP contribution is 2.21. The standard InChI is InChI=1S/C12H15NO3/c1-12(8-13-11(15)7-16-12)6-9-3-2-4-10(14)5-9/h2-5,14H,6-8H2,1H3,(H,13,15). The molecular weight excluding hydrogens is 206 g/mol. The molecule has 1 aromatic rings. The number of carbonyl (C=O) groups is 1. The van der Waals surface area contributed by atoms with Gasteiger partial charge in [-0.05, 0) is 24.6 Å². The minimum Gasteiger partial charge on any atom is -0.508 e. The molecule has 1 fully saturated rings. The van der Waals surface area contributed by atoms with Crippen LogP contribution in [0.1, 0.15) is 12.5 Å². The number of hydrogen-bond donors (Lipinski definition) is 2. The van der Waals surface area contributed by atoms with Gasteiger partial charge in [0.2, 0.25) is 5.91 Å². The molecule has 1 atom stereocenters. The van der Waals surface area contributed by atoms with Crippen molar-refractivity contribution in [2.24, 2.45) is 0 Å². The lowest BCUT2D eigenvalue weighted by Gasteiger charge is -2.34. The maximum absolute atomic E-state index is 11.0. The Labute approximate surface area is 94.2 Å². The largest absolute Gasteiger partial charge is 0.508 e. The number of phenols is 1. The number of carbonyl (C=O) groups excluding carboxylic acids is 1. The van der Waals surface area contributed by atoms with E-state index in [1.165, 1.54) is 0 Å². The molecule has 16 heavy (non-hydrogen) atoms. The summed E-state index contributed by atoms with van der Waals surface area (Å²) in [5.41, 5.74) is 0.612. The van der Waals surface area contributed by atoms with E-state index in [0.717, 1.165) is 5.56 Å². The van der Waals surface area contributed by atoms with Crippen molar-refractivity contribution in [1.82, 2.24) is 5.32 Å². The Morgan fingerprint density at radius 1 is 1.56 bits per heavy atom. The van der Waals surface area contributed by atoms with Crippen molar-refractivity contribution in [2.45, 2.75) is 18.9 Å². The van der Waals surface area contributed by atoms with E-state index in [0.29, 0.717) is 13.0 Å². The van der Waals surface area contributed by atoms with Gasteiger partial charge in [0, 0.05) is 13.0 Å². The predicted octanol–water partition coefficient (Wildman–Crippen LogP) is 0.840. The second-order valence-corrected chi connectivity index (χ2v) is 4.36. The zero-order chi connectivity index (χ0) is 11.6. The van der Waals surface area contributed by atoms with Crippen LogP contribution >= 0.6 is 0 Å². The van der Waals surface area contributed by atoms with Gasteiger partial charge in [0.05, 0.1) is 5.60 Å². The van der Waals surface area contributed by atoms with Crippen LogP contribution in [-0.4, -0.2) is 29.8 Å². The number of nitrogens with one attached hydrogen (secondary N) is 1. The zero-order valence-electron chi connectivity index (χ0n) is 9.19. The maximum Gasteiger partial charge on any atom is 0.246 e. The quantitative estimate of drug-likeness (QED) is 0.778. The Morgan fingerprint density at radius 3 is 3.00 bits per heavy atom. The Bertz CT molecular complexity index is 393. The number of aromatic hydroxyl groups is 1. The highest BCUT2D eigenvalue weighted by atomic mass is 16.5.